The highest BCUT2D eigenvalue weighted by Gasteiger charge is 2.22. The van der Waals surface area contributed by atoms with Crippen molar-refractivity contribution in [2.45, 2.75) is 6.92 Å². The molecule has 1 aliphatic heterocycles. The minimum absolute atomic E-state index is 0.107. The number of rotatable bonds is 4. The van der Waals surface area contributed by atoms with E-state index in [1.165, 1.54) is 6.07 Å². The molecule has 2 amide bonds. The Bertz CT molecular complexity index is 779. The third kappa shape index (κ3) is 4.19. The van der Waals surface area contributed by atoms with Crippen molar-refractivity contribution in [2.24, 2.45) is 0 Å². The molecule has 26 heavy (non-hydrogen) atoms. The Kier molecular flexibility index (Phi) is 5.83. The first-order valence-electron chi connectivity index (χ1n) is 8.56. The Balaban J connectivity index is 1.59. The molecular formula is C19H21ClFN3O2. The number of nitrogens with zero attached hydrogens (tertiary/aromatic N) is 2. The fourth-order valence-electron chi connectivity index (χ4n) is 2.90. The number of benzene rings is 2. The van der Waals surface area contributed by atoms with Gasteiger partial charge in [0.25, 0.3) is 0 Å². The fraction of sp³-hybridized carbons (Fsp3) is 0.316. The first-order chi connectivity index (χ1) is 12.6. The highest BCUT2D eigenvalue weighted by Crippen LogP contribution is 2.25. The molecule has 1 saturated heterocycles. The highest BCUT2D eigenvalue weighted by molar-refractivity contribution is 6.31. The van der Waals surface area contributed by atoms with Crippen molar-refractivity contribution in [3.05, 3.63) is 53.3 Å². The summed E-state index contributed by atoms with van der Waals surface area (Å²) >= 11 is 5.85. The van der Waals surface area contributed by atoms with E-state index in [1.807, 2.05) is 31.2 Å². The number of urea groups is 1. The summed E-state index contributed by atoms with van der Waals surface area (Å²) in [5, 5.41) is 3.02. The van der Waals surface area contributed by atoms with Crippen molar-refractivity contribution in [3.63, 3.8) is 0 Å². The van der Waals surface area contributed by atoms with E-state index in [2.05, 4.69) is 10.2 Å². The maximum Gasteiger partial charge on any atom is 0.322 e. The van der Waals surface area contributed by atoms with Crippen LogP contribution in [0.25, 0.3) is 0 Å². The van der Waals surface area contributed by atoms with Gasteiger partial charge in [-0.1, -0.05) is 23.7 Å². The molecule has 7 heteroatoms. The average Bonchev–Trinajstić information content (AvgIpc) is 2.66. The number of anilines is 2. The van der Waals surface area contributed by atoms with Crippen LogP contribution < -0.4 is 15.0 Å². The number of para-hydroxylation sites is 2. The van der Waals surface area contributed by atoms with Crippen molar-refractivity contribution in [1.29, 1.82) is 0 Å². The summed E-state index contributed by atoms with van der Waals surface area (Å²) in [6.07, 6.45) is 0. The summed E-state index contributed by atoms with van der Waals surface area (Å²) < 4.78 is 18.8. The summed E-state index contributed by atoms with van der Waals surface area (Å²) in [4.78, 5) is 16.4. The minimum atomic E-state index is -0.429. The van der Waals surface area contributed by atoms with Gasteiger partial charge in [0.2, 0.25) is 0 Å². The van der Waals surface area contributed by atoms with Gasteiger partial charge in [0.05, 0.1) is 17.3 Å². The predicted octanol–water partition coefficient (Wildman–Crippen LogP) is 4.23. The van der Waals surface area contributed by atoms with Gasteiger partial charge in [-0.3, -0.25) is 0 Å². The molecule has 0 bridgehead atoms. The fourth-order valence-corrected chi connectivity index (χ4v) is 3.07. The second-order valence-electron chi connectivity index (χ2n) is 5.93. The maximum absolute atomic E-state index is 13.3. The van der Waals surface area contributed by atoms with Gasteiger partial charge in [-0.05, 0) is 37.3 Å². The van der Waals surface area contributed by atoms with Gasteiger partial charge in [-0.25, -0.2) is 9.18 Å². The molecule has 138 valence electrons. The Morgan fingerprint density at radius 2 is 1.92 bits per heavy atom. The number of hydrogen-bond donors (Lipinski definition) is 1. The lowest BCUT2D eigenvalue weighted by Crippen LogP contribution is -2.50. The average molecular weight is 378 g/mol. The first-order valence-corrected chi connectivity index (χ1v) is 8.94. The van der Waals surface area contributed by atoms with Crippen LogP contribution in [0.2, 0.25) is 5.02 Å². The highest BCUT2D eigenvalue weighted by atomic mass is 35.5. The molecule has 5 nitrogen and oxygen atoms in total. The summed E-state index contributed by atoms with van der Waals surface area (Å²) in [5.74, 6) is 0.226. The van der Waals surface area contributed by atoms with E-state index in [9.17, 15) is 9.18 Å². The van der Waals surface area contributed by atoms with E-state index >= 15 is 0 Å². The van der Waals surface area contributed by atoms with Crippen molar-refractivity contribution in [3.8, 4) is 5.75 Å². The second-order valence-corrected chi connectivity index (χ2v) is 6.34. The van der Waals surface area contributed by atoms with Crippen LogP contribution in [0.4, 0.5) is 20.6 Å². The minimum Gasteiger partial charge on any atom is -0.492 e. The number of ether oxygens (including phenoxy) is 1. The monoisotopic (exact) mass is 377 g/mol. The molecular weight excluding hydrogens is 357 g/mol. The van der Waals surface area contributed by atoms with Crippen LogP contribution in [0.5, 0.6) is 5.75 Å². The van der Waals surface area contributed by atoms with Crippen LogP contribution in [0.15, 0.2) is 42.5 Å². The molecule has 2 aromatic rings. The lowest BCUT2D eigenvalue weighted by Gasteiger charge is -2.36. The van der Waals surface area contributed by atoms with Gasteiger partial charge < -0.3 is 19.9 Å². The molecule has 1 fully saturated rings. The largest absolute Gasteiger partial charge is 0.492 e. The summed E-state index contributed by atoms with van der Waals surface area (Å²) in [6.45, 7) is 4.88. The quantitative estimate of drug-likeness (QED) is 0.867. The molecule has 0 aromatic heterocycles. The molecule has 1 N–H and O–H groups in total. The molecule has 1 aliphatic rings. The molecule has 0 aliphatic carbocycles. The van der Waals surface area contributed by atoms with Crippen molar-refractivity contribution < 1.29 is 13.9 Å². The molecule has 0 spiro atoms. The Hall–Kier alpha value is -2.47. The van der Waals surface area contributed by atoms with Crippen LogP contribution in [-0.2, 0) is 0 Å². The zero-order chi connectivity index (χ0) is 18.5. The van der Waals surface area contributed by atoms with Crippen LogP contribution in [0, 0.1) is 5.82 Å². The van der Waals surface area contributed by atoms with Crippen LogP contribution in [0.3, 0.4) is 0 Å². The predicted molar refractivity (Wildman–Crippen MR) is 102 cm³/mol. The smallest absolute Gasteiger partial charge is 0.322 e. The van der Waals surface area contributed by atoms with Gasteiger partial charge in [-0.15, -0.1) is 0 Å². The maximum atomic E-state index is 13.3. The molecule has 2 aromatic carbocycles. The third-order valence-corrected chi connectivity index (χ3v) is 4.55. The Labute approximate surface area is 157 Å². The molecule has 1 heterocycles. The first kappa shape index (κ1) is 18.3. The van der Waals surface area contributed by atoms with Crippen LogP contribution >= 0.6 is 11.6 Å². The van der Waals surface area contributed by atoms with Crippen molar-refractivity contribution >= 4 is 29.0 Å². The number of nitrogens with one attached hydrogen (secondary N) is 1. The van der Waals surface area contributed by atoms with Gasteiger partial charge >= 0.3 is 6.03 Å². The lowest BCUT2D eigenvalue weighted by molar-refractivity contribution is 0.208. The molecule has 3 rings (SSSR count). The zero-order valence-electron chi connectivity index (χ0n) is 14.5. The van der Waals surface area contributed by atoms with Gasteiger partial charge in [0, 0.05) is 31.9 Å². The number of halogens is 2. The molecule has 0 atom stereocenters. The van der Waals surface area contributed by atoms with E-state index < -0.39 is 5.82 Å². The molecule has 0 unspecified atom stereocenters. The second kappa shape index (κ2) is 8.27. The molecule has 0 saturated carbocycles. The summed E-state index contributed by atoms with van der Waals surface area (Å²) in [5.41, 5.74) is 1.52. The normalized spacial score (nSPS) is 14.3. The van der Waals surface area contributed by atoms with Crippen molar-refractivity contribution in [1.82, 2.24) is 4.90 Å². The lowest BCUT2D eigenvalue weighted by atomic mass is 10.2. The topological polar surface area (TPSA) is 44.8 Å². The number of carbonyl (C=O) groups excluding carboxylic acids is 1. The third-order valence-electron chi connectivity index (χ3n) is 4.26. The van der Waals surface area contributed by atoms with Crippen LogP contribution in [0.1, 0.15) is 6.92 Å². The van der Waals surface area contributed by atoms with E-state index in [4.69, 9.17) is 16.3 Å². The summed E-state index contributed by atoms with van der Waals surface area (Å²) in [7, 11) is 0. The van der Waals surface area contributed by atoms with E-state index in [-0.39, 0.29) is 11.1 Å². The van der Waals surface area contributed by atoms with Gasteiger partial charge in [0.15, 0.2) is 0 Å². The number of hydrogen-bond acceptors (Lipinski definition) is 3. The van der Waals surface area contributed by atoms with Gasteiger partial charge in [0.1, 0.15) is 11.6 Å². The van der Waals surface area contributed by atoms with Crippen LogP contribution in [-0.4, -0.2) is 43.7 Å². The van der Waals surface area contributed by atoms with E-state index in [1.54, 1.807) is 17.0 Å². The Morgan fingerprint density at radius 1 is 1.19 bits per heavy atom. The molecule has 0 radical (unpaired) electrons. The van der Waals surface area contributed by atoms with E-state index in [0.29, 0.717) is 44.2 Å². The standard InChI is InChI=1S/C19H21ClFN3O2/c1-2-26-18-6-4-3-5-17(18)22-19(25)24-11-9-23(10-12-24)14-7-8-16(21)15(20)13-14/h3-8,13H,2,9-12H2,1H3,(H,22,25). The van der Waals surface area contributed by atoms with Crippen molar-refractivity contribution in [2.75, 3.05) is 43.0 Å². The SMILES string of the molecule is CCOc1ccccc1NC(=O)N1CCN(c2ccc(F)c(Cl)c2)CC1. The zero-order valence-corrected chi connectivity index (χ0v) is 15.3. The van der Waals surface area contributed by atoms with Gasteiger partial charge in [-0.2, -0.15) is 0 Å². The number of amides is 2. The van der Waals surface area contributed by atoms with E-state index in [0.717, 1.165) is 5.69 Å². The number of piperazine rings is 1. The summed E-state index contributed by atoms with van der Waals surface area (Å²) in [6, 6.07) is 11.9. The number of carbonyl (C=O) groups is 1. The Morgan fingerprint density at radius 3 is 2.62 bits per heavy atom.